The Bertz CT molecular complexity index is 1170. The SMILES string of the molecule is [Cl-].[Cl-].[Cr+2][C]1=C(Cc2ccccc2)C(c2cccc3cccnc23)c2ccccc21. The molecule has 0 fully saturated rings. The molecule has 1 aliphatic rings. The van der Waals surface area contributed by atoms with Gasteiger partial charge in [-0.05, 0) is 0 Å². The Hall–Kier alpha value is -2.08. The van der Waals surface area contributed by atoms with E-state index in [2.05, 4.69) is 95.2 Å². The molecule has 4 aromatic rings. The first kappa shape index (κ1) is 21.6. The number of fused-ring (bicyclic) bond motifs is 2. The maximum atomic E-state index is 4.73. The van der Waals surface area contributed by atoms with Crippen LogP contribution in [0.25, 0.3) is 15.3 Å². The van der Waals surface area contributed by atoms with Crippen molar-refractivity contribution in [3.05, 3.63) is 119 Å². The van der Waals surface area contributed by atoms with Gasteiger partial charge in [-0.1, -0.05) is 0 Å². The normalized spacial score (nSPS) is 14.8. The van der Waals surface area contributed by atoms with Crippen LogP contribution in [0.3, 0.4) is 0 Å². The fourth-order valence-corrected chi connectivity index (χ4v) is 4.75. The molecule has 0 radical (unpaired) electrons. The number of pyridine rings is 1. The Morgan fingerprint density at radius 1 is 0.724 bits per heavy atom. The van der Waals surface area contributed by atoms with E-state index in [-0.39, 0.29) is 30.7 Å². The van der Waals surface area contributed by atoms with Gasteiger partial charge in [-0.15, -0.1) is 0 Å². The third-order valence-corrected chi connectivity index (χ3v) is 6.12. The van der Waals surface area contributed by atoms with Gasteiger partial charge in [0.25, 0.3) is 0 Å². The molecule has 1 aliphatic carbocycles. The molecular formula is C25H18Cl2CrN. The van der Waals surface area contributed by atoms with Gasteiger partial charge in [-0.2, -0.15) is 0 Å². The number of halogens is 2. The van der Waals surface area contributed by atoms with E-state index in [1.807, 2.05) is 12.3 Å². The van der Waals surface area contributed by atoms with Gasteiger partial charge in [0.05, 0.1) is 0 Å². The molecule has 0 aliphatic heterocycles. The summed E-state index contributed by atoms with van der Waals surface area (Å²) in [5.41, 5.74) is 7.85. The second-order valence-electron chi connectivity index (χ2n) is 6.96. The van der Waals surface area contributed by atoms with Crippen molar-refractivity contribution < 1.29 is 41.1 Å². The van der Waals surface area contributed by atoms with Gasteiger partial charge in [0.15, 0.2) is 0 Å². The molecule has 29 heavy (non-hydrogen) atoms. The van der Waals surface area contributed by atoms with E-state index in [1.54, 1.807) is 0 Å². The van der Waals surface area contributed by atoms with E-state index in [4.69, 9.17) is 4.98 Å². The Morgan fingerprint density at radius 3 is 2.24 bits per heavy atom. The van der Waals surface area contributed by atoms with Crippen LogP contribution in [0.15, 0.2) is 96.7 Å². The quantitative estimate of drug-likeness (QED) is 0.421. The topological polar surface area (TPSA) is 12.9 Å². The van der Waals surface area contributed by atoms with Crippen molar-refractivity contribution in [2.45, 2.75) is 12.3 Å². The maximum absolute atomic E-state index is 4.73. The fraction of sp³-hybridized carbons (Fsp3) is 0.0800. The number of aromatic nitrogens is 1. The zero-order chi connectivity index (χ0) is 18.2. The molecule has 1 aromatic heterocycles. The second kappa shape index (κ2) is 9.16. The van der Waals surface area contributed by atoms with Crippen molar-refractivity contribution in [3.8, 4) is 0 Å². The van der Waals surface area contributed by atoms with Crippen LogP contribution in [-0.2, 0) is 22.7 Å². The van der Waals surface area contributed by atoms with Crippen molar-refractivity contribution in [2.24, 2.45) is 0 Å². The summed E-state index contributed by atoms with van der Waals surface area (Å²) < 4.78 is 1.28. The monoisotopic (exact) mass is 454 g/mol. The van der Waals surface area contributed by atoms with Crippen LogP contribution in [0.2, 0.25) is 0 Å². The second-order valence-corrected chi connectivity index (χ2v) is 7.60. The molecular weight excluding hydrogens is 437 g/mol. The molecule has 0 saturated carbocycles. The zero-order valence-electron chi connectivity index (χ0n) is 15.6. The van der Waals surface area contributed by atoms with Crippen LogP contribution in [0.5, 0.6) is 0 Å². The summed E-state index contributed by atoms with van der Waals surface area (Å²) in [6, 6.07) is 30.2. The first-order valence-electron chi connectivity index (χ1n) is 9.20. The molecule has 1 nitrogen and oxygen atoms in total. The number of allylic oxidation sites excluding steroid dienone is 1. The van der Waals surface area contributed by atoms with E-state index in [0.29, 0.717) is 0 Å². The van der Waals surface area contributed by atoms with Gasteiger partial charge >= 0.3 is 168 Å². The van der Waals surface area contributed by atoms with Gasteiger partial charge in [-0.25, -0.2) is 0 Å². The molecule has 3 aromatic carbocycles. The number of rotatable bonds is 3. The number of hydrogen-bond donors (Lipinski definition) is 0. The standard InChI is InChI=1S/C25H18N.2ClH.Cr/c1-2-8-18(9-3-1)16-21-17-20-10-4-5-13-22(20)24(21)23-14-6-11-19-12-7-15-26-25(19)23;;;/h1-15,24H,16H2;2*1H;/q;;;+2/p-2. The van der Waals surface area contributed by atoms with E-state index < -0.39 is 0 Å². The summed E-state index contributed by atoms with van der Waals surface area (Å²) in [7, 11) is 0. The summed E-state index contributed by atoms with van der Waals surface area (Å²) in [6.45, 7) is 0. The fourth-order valence-electron chi connectivity index (χ4n) is 4.16. The van der Waals surface area contributed by atoms with E-state index in [9.17, 15) is 0 Å². The third-order valence-electron chi connectivity index (χ3n) is 5.37. The van der Waals surface area contributed by atoms with E-state index >= 15 is 0 Å². The van der Waals surface area contributed by atoms with Gasteiger partial charge in [0.1, 0.15) is 0 Å². The van der Waals surface area contributed by atoms with Crippen LogP contribution in [0.4, 0.5) is 0 Å². The van der Waals surface area contributed by atoms with Crippen molar-refractivity contribution in [1.29, 1.82) is 0 Å². The Kier molecular flexibility index (Phi) is 6.83. The molecule has 0 amide bonds. The number of nitrogens with zero attached hydrogens (tertiary/aromatic N) is 1. The van der Waals surface area contributed by atoms with Crippen molar-refractivity contribution >= 4 is 15.3 Å². The van der Waals surface area contributed by atoms with Crippen LogP contribution in [0, 0.1) is 0 Å². The van der Waals surface area contributed by atoms with Crippen molar-refractivity contribution in [1.82, 2.24) is 4.98 Å². The van der Waals surface area contributed by atoms with Crippen LogP contribution < -0.4 is 24.8 Å². The predicted octanol–water partition coefficient (Wildman–Crippen LogP) is -0.111. The summed E-state index contributed by atoms with van der Waals surface area (Å²) in [5, 5.41) is 1.19. The minimum absolute atomic E-state index is 0. The average Bonchev–Trinajstić information content (AvgIpc) is 3.00. The number of hydrogen-bond acceptors (Lipinski definition) is 1. The zero-order valence-corrected chi connectivity index (χ0v) is 18.3. The molecule has 0 spiro atoms. The molecule has 1 unspecified atom stereocenters. The van der Waals surface area contributed by atoms with Gasteiger partial charge < -0.3 is 24.8 Å². The summed E-state index contributed by atoms with van der Waals surface area (Å²) in [6.07, 6.45) is 2.83. The summed E-state index contributed by atoms with van der Waals surface area (Å²) >= 11 is 3.37. The van der Waals surface area contributed by atoms with Crippen molar-refractivity contribution in [2.75, 3.05) is 0 Å². The molecule has 0 N–H and O–H groups in total. The Labute approximate surface area is 192 Å². The van der Waals surface area contributed by atoms with E-state index in [0.717, 1.165) is 11.9 Å². The van der Waals surface area contributed by atoms with Gasteiger partial charge in [0.2, 0.25) is 0 Å². The third kappa shape index (κ3) is 3.87. The van der Waals surface area contributed by atoms with E-state index in [1.165, 1.54) is 37.6 Å². The first-order valence-corrected chi connectivity index (χ1v) is 9.83. The van der Waals surface area contributed by atoms with Crippen molar-refractivity contribution in [3.63, 3.8) is 0 Å². The minimum atomic E-state index is 0. The average molecular weight is 455 g/mol. The Balaban J connectivity index is 0.00000120. The molecule has 5 rings (SSSR count). The summed E-state index contributed by atoms with van der Waals surface area (Å²) in [4.78, 5) is 4.73. The summed E-state index contributed by atoms with van der Waals surface area (Å²) in [5.74, 6) is 0.233. The van der Waals surface area contributed by atoms with Crippen LogP contribution >= 0.6 is 0 Å². The molecule has 143 valence electrons. The molecule has 0 saturated heterocycles. The molecule has 1 heterocycles. The van der Waals surface area contributed by atoms with Crippen LogP contribution in [0.1, 0.15) is 28.2 Å². The predicted molar refractivity (Wildman–Crippen MR) is 107 cm³/mol. The van der Waals surface area contributed by atoms with Gasteiger partial charge in [0, 0.05) is 0 Å². The first-order chi connectivity index (χ1) is 13.3. The molecule has 4 heteroatoms. The number of benzene rings is 3. The Morgan fingerprint density at radius 2 is 1.41 bits per heavy atom. The van der Waals surface area contributed by atoms with Gasteiger partial charge in [-0.3, -0.25) is 0 Å². The molecule has 0 bridgehead atoms. The number of para-hydroxylation sites is 1. The molecule has 1 atom stereocenters. The van der Waals surface area contributed by atoms with Crippen LogP contribution in [-0.4, -0.2) is 4.98 Å².